The number of carbonyl (C=O) groups is 3. The van der Waals surface area contributed by atoms with Crippen LogP contribution in [0.3, 0.4) is 0 Å². The lowest BCUT2D eigenvalue weighted by molar-refractivity contribution is -0.167. The molecule has 1 atom stereocenters. The Morgan fingerprint density at radius 3 is 0.795 bits per heavy atom. The van der Waals surface area contributed by atoms with Crippen LogP contribution in [0.25, 0.3) is 0 Å². The molecule has 0 fully saturated rings. The van der Waals surface area contributed by atoms with Crippen LogP contribution in [0.2, 0.25) is 0 Å². The molecular weight excluding hydrogens is 1020 g/mol. The van der Waals surface area contributed by atoms with E-state index in [1.54, 1.807) is 0 Å². The number of esters is 3. The molecule has 83 heavy (non-hydrogen) atoms. The van der Waals surface area contributed by atoms with Gasteiger partial charge in [-0.15, -0.1) is 0 Å². The largest absolute Gasteiger partial charge is 0.462 e. The number of unbranched alkanes of at least 4 members (excludes halogenated alkanes) is 41. The second kappa shape index (κ2) is 71.1. The van der Waals surface area contributed by atoms with Crippen molar-refractivity contribution in [2.45, 2.75) is 374 Å². The molecule has 0 rings (SSSR count). The maximum Gasteiger partial charge on any atom is 0.306 e. The van der Waals surface area contributed by atoms with Gasteiger partial charge in [-0.05, 0) is 116 Å². The molecule has 480 valence electrons. The molecule has 0 aromatic rings. The van der Waals surface area contributed by atoms with Crippen LogP contribution in [0.5, 0.6) is 0 Å². The number of allylic oxidation sites excluding steroid dienone is 14. The van der Waals surface area contributed by atoms with E-state index >= 15 is 0 Å². The summed E-state index contributed by atoms with van der Waals surface area (Å²) in [6.07, 6.45) is 94.9. The van der Waals surface area contributed by atoms with E-state index in [0.29, 0.717) is 19.3 Å². The van der Waals surface area contributed by atoms with Crippen molar-refractivity contribution < 1.29 is 28.6 Å². The van der Waals surface area contributed by atoms with Crippen LogP contribution in [0.15, 0.2) is 85.1 Å². The van der Waals surface area contributed by atoms with Gasteiger partial charge in [0.1, 0.15) is 13.2 Å². The molecule has 0 saturated heterocycles. The van der Waals surface area contributed by atoms with E-state index in [2.05, 4.69) is 106 Å². The monoisotopic (exact) mass is 1160 g/mol. The predicted molar refractivity (Wildman–Crippen MR) is 362 cm³/mol. The van der Waals surface area contributed by atoms with Crippen molar-refractivity contribution in [1.29, 1.82) is 0 Å². The molecule has 0 spiro atoms. The van der Waals surface area contributed by atoms with Crippen molar-refractivity contribution in [2.24, 2.45) is 0 Å². The van der Waals surface area contributed by atoms with Gasteiger partial charge in [-0.3, -0.25) is 14.4 Å². The number of hydrogen-bond donors (Lipinski definition) is 0. The van der Waals surface area contributed by atoms with Crippen molar-refractivity contribution in [2.75, 3.05) is 13.2 Å². The Bertz CT molecular complexity index is 1570. The Hall–Kier alpha value is -3.41. The molecule has 6 heteroatoms. The maximum atomic E-state index is 12.9. The zero-order valence-electron chi connectivity index (χ0n) is 55.2. The zero-order valence-corrected chi connectivity index (χ0v) is 55.2. The van der Waals surface area contributed by atoms with E-state index in [0.717, 1.165) is 96.3 Å². The first-order chi connectivity index (χ1) is 41.0. The van der Waals surface area contributed by atoms with Crippen LogP contribution >= 0.6 is 0 Å². The summed E-state index contributed by atoms with van der Waals surface area (Å²) in [6, 6.07) is 0. The molecule has 0 N–H and O–H groups in total. The van der Waals surface area contributed by atoms with E-state index in [-0.39, 0.29) is 31.1 Å². The molecule has 0 heterocycles. The summed E-state index contributed by atoms with van der Waals surface area (Å²) in [7, 11) is 0. The zero-order chi connectivity index (χ0) is 59.9. The van der Waals surface area contributed by atoms with E-state index in [1.165, 1.54) is 231 Å². The van der Waals surface area contributed by atoms with Gasteiger partial charge in [-0.2, -0.15) is 0 Å². The fourth-order valence-electron chi connectivity index (χ4n) is 10.5. The standard InChI is InChI=1S/C77H136O6/c1-4-7-10-13-16-19-22-25-28-30-31-32-33-34-35-36-37-38-39-40-41-42-43-44-45-47-49-52-55-58-61-64-67-70-76(79)82-73-74(72-81-75(78)69-66-63-60-57-54-51-48-27-24-21-18-15-12-9-6-3)83-77(80)71-68-65-62-59-56-53-50-46-29-26-23-20-17-14-11-8-5-2/h9,12,17-18,20-21,26-27,29-31,48,54,57,74H,4-8,10-11,13-16,19,22-25,28,32-47,49-53,55-56,58-73H2,1-3H3/b12-9-,20-17-,21-18-,29-26-,31-30-,48-27-,57-54-. The molecule has 0 amide bonds. The summed E-state index contributed by atoms with van der Waals surface area (Å²) in [6.45, 7) is 6.50. The minimum absolute atomic E-state index is 0.0903. The molecule has 0 aliphatic carbocycles. The Morgan fingerprint density at radius 1 is 0.253 bits per heavy atom. The summed E-state index contributed by atoms with van der Waals surface area (Å²) in [5, 5.41) is 0. The number of carbonyl (C=O) groups excluding carboxylic acids is 3. The van der Waals surface area contributed by atoms with Crippen molar-refractivity contribution in [1.82, 2.24) is 0 Å². The Kier molecular flexibility index (Phi) is 68.2. The number of hydrogen-bond acceptors (Lipinski definition) is 6. The Labute approximate surface area is 515 Å². The van der Waals surface area contributed by atoms with Crippen LogP contribution < -0.4 is 0 Å². The van der Waals surface area contributed by atoms with Gasteiger partial charge in [0.25, 0.3) is 0 Å². The maximum absolute atomic E-state index is 12.9. The minimum atomic E-state index is -0.799. The molecule has 0 aromatic carbocycles. The second-order valence-corrected chi connectivity index (χ2v) is 24.1. The highest BCUT2D eigenvalue weighted by molar-refractivity contribution is 5.71. The Morgan fingerprint density at radius 2 is 0.470 bits per heavy atom. The van der Waals surface area contributed by atoms with Crippen LogP contribution in [0.4, 0.5) is 0 Å². The van der Waals surface area contributed by atoms with Crippen LogP contribution in [0, 0.1) is 0 Å². The first kappa shape index (κ1) is 79.6. The summed E-state index contributed by atoms with van der Waals surface area (Å²) in [5.74, 6) is -0.925. The average Bonchev–Trinajstić information content (AvgIpc) is 3.49. The normalized spacial score (nSPS) is 12.6. The number of ether oxygens (including phenoxy) is 3. The summed E-state index contributed by atoms with van der Waals surface area (Å²) < 4.78 is 16.9. The minimum Gasteiger partial charge on any atom is -0.462 e. The highest BCUT2D eigenvalue weighted by atomic mass is 16.6. The van der Waals surface area contributed by atoms with Crippen LogP contribution in [-0.2, 0) is 28.6 Å². The van der Waals surface area contributed by atoms with Crippen LogP contribution in [-0.4, -0.2) is 37.2 Å². The van der Waals surface area contributed by atoms with E-state index in [9.17, 15) is 14.4 Å². The SMILES string of the molecule is CC/C=C\C/C=C\C/C=C\C/C=C\CCCCC(=O)OCC(COC(=O)CCCCCCCCCCCCCCCCCCCCCCC/C=C\CCCCCCCCCC)OC(=O)CCCCCCCCC/C=C\C/C=C\CCCCC. The van der Waals surface area contributed by atoms with Crippen molar-refractivity contribution in [3.63, 3.8) is 0 Å². The average molecular weight is 1160 g/mol. The molecule has 0 aromatic heterocycles. The topological polar surface area (TPSA) is 78.9 Å². The third-order valence-electron chi connectivity index (χ3n) is 15.9. The van der Waals surface area contributed by atoms with Crippen molar-refractivity contribution in [3.05, 3.63) is 85.1 Å². The molecule has 1 unspecified atom stereocenters. The lowest BCUT2D eigenvalue weighted by Crippen LogP contribution is -2.30. The van der Waals surface area contributed by atoms with Gasteiger partial charge >= 0.3 is 17.9 Å². The quantitative estimate of drug-likeness (QED) is 0.0261. The highest BCUT2D eigenvalue weighted by Crippen LogP contribution is 2.18. The summed E-state index contributed by atoms with van der Waals surface area (Å²) in [5.41, 5.74) is 0. The van der Waals surface area contributed by atoms with Gasteiger partial charge in [0.2, 0.25) is 0 Å². The molecule has 0 aliphatic rings. The second-order valence-electron chi connectivity index (χ2n) is 24.1. The molecule has 0 aliphatic heterocycles. The van der Waals surface area contributed by atoms with Gasteiger partial charge in [-0.25, -0.2) is 0 Å². The van der Waals surface area contributed by atoms with Gasteiger partial charge in [0, 0.05) is 19.3 Å². The van der Waals surface area contributed by atoms with Crippen molar-refractivity contribution in [3.8, 4) is 0 Å². The molecule has 0 radical (unpaired) electrons. The molecular formula is C77H136O6. The molecule has 0 bridgehead atoms. The predicted octanol–water partition coefficient (Wildman–Crippen LogP) is 25.0. The third-order valence-corrected chi connectivity index (χ3v) is 15.9. The van der Waals surface area contributed by atoms with Gasteiger partial charge in [0.15, 0.2) is 6.10 Å². The van der Waals surface area contributed by atoms with Gasteiger partial charge in [-0.1, -0.05) is 318 Å². The van der Waals surface area contributed by atoms with Gasteiger partial charge < -0.3 is 14.2 Å². The molecule has 0 saturated carbocycles. The molecule has 6 nitrogen and oxygen atoms in total. The van der Waals surface area contributed by atoms with E-state index in [1.807, 2.05) is 0 Å². The van der Waals surface area contributed by atoms with Gasteiger partial charge in [0.05, 0.1) is 0 Å². The number of rotatable bonds is 66. The van der Waals surface area contributed by atoms with Crippen molar-refractivity contribution >= 4 is 17.9 Å². The smallest absolute Gasteiger partial charge is 0.306 e. The summed E-state index contributed by atoms with van der Waals surface area (Å²) in [4.78, 5) is 38.4. The van der Waals surface area contributed by atoms with E-state index < -0.39 is 6.10 Å². The lowest BCUT2D eigenvalue weighted by atomic mass is 10.0. The lowest BCUT2D eigenvalue weighted by Gasteiger charge is -2.18. The van der Waals surface area contributed by atoms with E-state index in [4.69, 9.17) is 14.2 Å². The fraction of sp³-hybridized carbons (Fsp3) is 0.779. The highest BCUT2D eigenvalue weighted by Gasteiger charge is 2.19. The Balaban J connectivity index is 4.19. The third kappa shape index (κ3) is 69.3. The first-order valence-corrected chi connectivity index (χ1v) is 36.1. The fourth-order valence-corrected chi connectivity index (χ4v) is 10.5. The summed E-state index contributed by atoms with van der Waals surface area (Å²) >= 11 is 0. The first-order valence-electron chi connectivity index (χ1n) is 36.1. The van der Waals surface area contributed by atoms with Crippen LogP contribution in [0.1, 0.15) is 367 Å².